The van der Waals surface area contributed by atoms with Crippen molar-refractivity contribution in [2.24, 2.45) is 5.92 Å². The minimum absolute atomic E-state index is 0.0202. The average molecular weight is 303 g/mol. The fourth-order valence-corrected chi connectivity index (χ4v) is 2.54. The van der Waals surface area contributed by atoms with Crippen molar-refractivity contribution in [1.82, 2.24) is 10.2 Å². The third-order valence-electron chi connectivity index (χ3n) is 4.11. The molecule has 0 atom stereocenters. The summed E-state index contributed by atoms with van der Waals surface area (Å²) < 4.78 is 0. The van der Waals surface area contributed by atoms with E-state index < -0.39 is 0 Å². The van der Waals surface area contributed by atoms with Crippen LogP contribution >= 0.6 is 0 Å². The lowest BCUT2D eigenvalue weighted by Crippen LogP contribution is -2.43. The number of hydrogen-bond acceptors (Lipinski definition) is 3. The third-order valence-corrected chi connectivity index (χ3v) is 4.11. The van der Waals surface area contributed by atoms with Crippen molar-refractivity contribution in [2.75, 3.05) is 25.5 Å². The smallest absolute Gasteiger partial charge is 0.253 e. The molecule has 5 heteroatoms. The summed E-state index contributed by atoms with van der Waals surface area (Å²) in [5.41, 5.74) is 1.40. The number of rotatable bonds is 4. The molecule has 0 aromatic heterocycles. The van der Waals surface area contributed by atoms with E-state index in [1.54, 1.807) is 24.3 Å². The molecule has 2 N–H and O–H groups in total. The number of carbonyl (C=O) groups is 2. The zero-order valence-corrected chi connectivity index (χ0v) is 13.6. The topological polar surface area (TPSA) is 61.4 Å². The number of likely N-dealkylation sites (tertiary alicyclic amines) is 1. The molecule has 120 valence electrons. The van der Waals surface area contributed by atoms with Crippen LogP contribution in [-0.4, -0.2) is 42.9 Å². The van der Waals surface area contributed by atoms with E-state index in [9.17, 15) is 9.59 Å². The minimum atomic E-state index is -0.0604. The maximum absolute atomic E-state index is 12.5. The van der Waals surface area contributed by atoms with E-state index in [4.69, 9.17) is 0 Å². The van der Waals surface area contributed by atoms with Gasteiger partial charge in [0.15, 0.2) is 0 Å². The molecular weight excluding hydrogens is 278 g/mol. The molecule has 5 nitrogen and oxygen atoms in total. The second kappa shape index (κ2) is 7.40. The molecule has 1 fully saturated rings. The fourth-order valence-electron chi connectivity index (χ4n) is 2.54. The number of benzene rings is 1. The van der Waals surface area contributed by atoms with Gasteiger partial charge in [0, 0.05) is 36.3 Å². The molecule has 0 unspecified atom stereocenters. The first-order valence-corrected chi connectivity index (χ1v) is 7.88. The molecule has 2 amide bonds. The van der Waals surface area contributed by atoms with Gasteiger partial charge in [-0.3, -0.25) is 9.59 Å². The molecule has 0 spiro atoms. The Kier molecular flexibility index (Phi) is 5.55. The number of hydrogen-bond donors (Lipinski definition) is 2. The van der Waals surface area contributed by atoms with Crippen LogP contribution in [0.15, 0.2) is 24.3 Å². The Bertz CT molecular complexity index is 517. The van der Waals surface area contributed by atoms with Crippen molar-refractivity contribution in [3.05, 3.63) is 29.8 Å². The maximum Gasteiger partial charge on any atom is 0.253 e. The van der Waals surface area contributed by atoms with Gasteiger partial charge in [0.25, 0.3) is 5.91 Å². The summed E-state index contributed by atoms with van der Waals surface area (Å²) in [5, 5.41) is 6.09. The first kappa shape index (κ1) is 16.5. The van der Waals surface area contributed by atoms with Gasteiger partial charge in [-0.05, 0) is 44.2 Å². The fraction of sp³-hybridized carbons (Fsp3) is 0.529. The number of amides is 2. The highest BCUT2D eigenvalue weighted by molar-refractivity contribution is 5.96. The number of nitrogens with zero attached hydrogens (tertiary/aromatic N) is 1. The molecular formula is C17H25N3O2. The van der Waals surface area contributed by atoms with Crippen LogP contribution in [0.3, 0.4) is 0 Å². The summed E-state index contributed by atoms with van der Waals surface area (Å²) in [6, 6.07) is 7.64. The summed E-state index contributed by atoms with van der Waals surface area (Å²) in [6.45, 7) is 5.27. The lowest BCUT2D eigenvalue weighted by atomic mass is 10.0. The van der Waals surface area contributed by atoms with Gasteiger partial charge in [0.05, 0.1) is 0 Å². The normalized spacial score (nSPS) is 15.9. The summed E-state index contributed by atoms with van der Waals surface area (Å²) in [7, 11) is 1.96. The highest BCUT2D eigenvalue weighted by Gasteiger charge is 2.22. The Hall–Kier alpha value is -1.88. The standard InChI is InChI=1S/C17H25N3O2/c1-12(2)16(21)19-15-6-4-13(5-7-15)17(22)20-10-8-14(18-3)9-11-20/h4-7,12,14,18H,8-11H2,1-3H3,(H,19,21). The lowest BCUT2D eigenvalue weighted by Gasteiger charge is -2.31. The van der Waals surface area contributed by atoms with Crippen LogP contribution < -0.4 is 10.6 Å². The zero-order chi connectivity index (χ0) is 16.1. The quantitative estimate of drug-likeness (QED) is 0.895. The van der Waals surface area contributed by atoms with Crippen LogP contribution in [0.25, 0.3) is 0 Å². The third kappa shape index (κ3) is 4.07. The molecule has 1 aromatic carbocycles. The molecule has 0 saturated carbocycles. The van der Waals surface area contributed by atoms with Crippen LogP contribution in [0.2, 0.25) is 0 Å². The van der Waals surface area contributed by atoms with Crippen LogP contribution in [0.5, 0.6) is 0 Å². The van der Waals surface area contributed by atoms with Crippen molar-refractivity contribution in [3.63, 3.8) is 0 Å². The van der Waals surface area contributed by atoms with Crippen molar-refractivity contribution < 1.29 is 9.59 Å². The molecule has 1 saturated heterocycles. The van der Waals surface area contributed by atoms with Gasteiger partial charge < -0.3 is 15.5 Å². The summed E-state index contributed by atoms with van der Waals surface area (Å²) in [5.74, 6) is -0.0146. The Balaban J connectivity index is 1.95. The highest BCUT2D eigenvalue weighted by Crippen LogP contribution is 2.16. The first-order chi connectivity index (χ1) is 10.5. The minimum Gasteiger partial charge on any atom is -0.339 e. The van der Waals surface area contributed by atoms with E-state index in [1.807, 2.05) is 25.8 Å². The van der Waals surface area contributed by atoms with Gasteiger partial charge in [0.1, 0.15) is 0 Å². The van der Waals surface area contributed by atoms with E-state index >= 15 is 0 Å². The molecule has 1 aromatic rings. The lowest BCUT2D eigenvalue weighted by molar-refractivity contribution is -0.118. The summed E-state index contributed by atoms with van der Waals surface area (Å²) in [6.07, 6.45) is 1.98. The van der Waals surface area contributed by atoms with Gasteiger partial charge in [-0.2, -0.15) is 0 Å². The Morgan fingerprint density at radius 3 is 2.23 bits per heavy atom. The van der Waals surface area contributed by atoms with E-state index in [0.717, 1.165) is 31.6 Å². The second-order valence-electron chi connectivity index (χ2n) is 6.08. The van der Waals surface area contributed by atoms with Crippen LogP contribution in [0.4, 0.5) is 5.69 Å². The number of piperidine rings is 1. The highest BCUT2D eigenvalue weighted by atomic mass is 16.2. The predicted molar refractivity (Wildman–Crippen MR) is 87.9 cm³/mol. The summed E-state index contributed by atoms with van der Waals surface area (Å²) >= 11 is 0. The van der Waals surface area contributed by atoms with Crippen molar-refractivity contribution in [1.29, 1.82) is 0 Å². The molecule has 1 heterocycles. The van der Waals surface area contributed by atoms with Crippen molar-refractivity contribution in [2.45, 2.75) is 32.7 Å². The van der Waals surface area contributed by atoms with E-state index in [0.29, 0.717) is 11.6 Å². The molecule has 1 aliphatic rings. The first-order valence-electron chi connectivity index (χ1n) is 7.88. The summed E-state index contributed by atoms with van der Waals surface area (Å²) in [4.78, 5) is 26.0. The molecule has 22 heavy (non-hydrogen) atoms. The van der Waals surface area contributed by atoms with Crippen molar-refractivity contribution >= 4 is 17.5 Å². The van der Waals surface area contributed by atoms with Gasteiger partial charge in [-0.15, -0.1) is 0 Å². The van der Waals surface area contributed by atoms with E-state index in [1.165, 1.54) is 0 Å². The second-order valence-corrected chi connectivity index (χ2v) is 6.08. The number of nitrogens with one attached hydrogen (secondary N) is 2. The Labute approximate surface area is 132 Å². The van der Waals surface area contributed by atoms with Crippen LogP contribution in [0, 0.1) is 5.92 Å². The van der Waals surface area contributed by atoms with Crippen LogP contribution in [-0.2, 0) is 4.79 Å². The largest absolute Gasteiger partial charge is 0.339 e. The Morgan fingerprint density at radius 2 is 1.73 bits per heavy atom. The molecule has 1 aliphatic heterocycles. The number of anilines is 1. The SMILES string of the molecule is CNC1CCN(C(=O)c2ccc(NC(=O)C(C)C)cc2)CC1. The van der Waals surface area contributed by atoms with Crippen molar-refractivity contribution in [3.8, 4) is 0 Å². The molecule has 0 aliphatic carbocycles. The van der Waals surface area contributed by atoms with E-state index in [2.05, 4.69) is 10.6 Å². The number of carbonyl (C=O) groups excluding carboxylic acids is 2. The average Bonchev–Trinajstić information content (AvgIpc) is 2.55. The molecule has 0 bridgehead atoms. The van der Waals surface area contributed by atoms with Crippen LogP contribution in [0.1, 0.15) is 37.0 Å². The van der Waals surface area contributed by atoms with Gasteiger partial charge >= 0.3 is 0 Å². The molecule has 0 radical (unpaired) electrons. The van der Waals surface area contributed by atoms with Gasteiger partial charge in [-0.1, -0.05) is 13.8 Å². The maximum atomic E-state index is 12.5. The van der Waals surface area contributed by atoms with E-state index in [-0.39, 0.29) is 17.7 Å². The predicted octanol–water partition coefficient (Wildman–Crippen LogP) is 2.11. The van der Waals surface area contributed by atoms with Gasteiger partial charge in [-0.25, -0.2) is 0 Å². The molecule has 2 rings (SSSR count). The Morgan fingerprint density at radius 1 is 1.14 bits per heavy atom. The zero-order valence-electron chi connectivity index (χ0n) is 13.6. The van der Waals surface area contributed by atoms with Gasteiger partial charge in [0.2, 0.25) is 5.91 Å². The monoisotopic (exact) mass is 303 g/mol.